The van der Waals surface area contributed by atoms with Gasteiger partial charge in [0.1, 0.15) is 6.54 Å². The molecule has 0 aliphatic rings. The Balaban J connectivity index is 3.23. The number of hydrogen-bond acceptors (Lipinski definition) is 3. The van der Waals surface area contributed by atoms with E-state index in [9.17, 15) is 18.0 Å². The first-order valence-corrected chi connectivity index (χ1v) is 9.03. The highest BCUT2D eigenvalue weighted by molar-refractivity contribution is 9.10. The topological polar surface area (TPSA) is 38.8 Å². The van der Waals surface area contributed by atoms with Gasteiger partial charge < -0.3 is 14.4 Å². The SMILES string of the molecule is CCCOc1c(Br)cc(C(=O)N(CC(C)(C)C)CC(F)(F)F)cc1OC. The number of carbonyl (C=O) groups is 1. The molecule has 26 heavy (non-hydrogen) atoms. The summed E-state index contributed by atoms with van der Waals surface area (Å²) in [5.74, 6) is 0.00118. The molecule has 0 aliphatic carbocycles. The first-order valence-electron chi connectivity index (χ1n) is 8.24. The quantitative estimate of drug-likeness (QED) is 0.578. The minimum Gasteiger partial charge on any atom is -0.493 e. The van der Waals surface area contributed by atoms with E-state index in [2.05, 4.69) is 15.9 Å². The average molecular weight is 440 g/mol. The van der Waals surface area contributed by atoms with E-state index in [4.69, 9.17) is 9.47 Å². The third kappa shape index (κ3) is 7.05. The zero-order chi connectivity index (χ0) is 20.1. The van der Waals surface area contributed by atoms with Gasteiger partial charge in [0, 0.05) is 12.1 Å². The van der Waals surface area contributed by atoms with Gasteiger partial charge in [0.2, 0.25) is 0 Å². The van der Waals surface area contributed by atoms with Crippen LogP contribution >= 0.6 is 15.9 Å². The predicted octanol–water partition coefficient (Wildman–Crippen LogP) is 5.30. The first-order chi connectivity index (χ1) is 11.9. The maximum Gasteiger partial charge on any atom is 0.406 e. The second-order valence-electron chi connectivity index (χ2n) is 7.17. The third-order valence-corrected chi connectivity index (χ3v) is 3.84. The molecule has 1 amide bonds. The number of benzene rings is 1. The summed E-state index contributed by atoms with van der Waals surface area (Å²) >= 11 is 3.31. The number of hydrogen-bond donors (Lipinski definition) is 0. The smallest absolute Gasteiger partial charge is 0.406 e. The van der Waals surface area contributed by atoms with Crippen LogP contribution in [0.3, 0.4) is 0 Å². The molecule has 1 rings (SSSR count). The molecule has 0 atom stereocenters. The van der Waals surface area contributed by atoms with Gasteiger partial charge in [0.25, 0.3) is 5.91 Å². The number of amides is 1. The summed E-state index contributed by atoms with van der Waals surface area (Å²) in [5, 5.41) is 0. The zero-order valence-electron chi connectivity index (χ0n) is 15.7. The lowest BCUT2D eigenvalue weighted by Crippen LogP contribution is -2.43. The molecule has 0 bridgehead atoms. The van der Waals surface area contributed by atoms with Crippen LogP contribution in [0.25, 0.3) is 0 Å². The van der Waals surface area contributed by atoms with Gasteiger partial charge in [0.15, 0.2) is 11.5 Å². The average Bonchev–Trinajstić information content (AvgIpc) is 2.48. The van der Waals surface area contributed by atoms with Crippen LogP contribution in [0, 0.1) is 5.41 Å². The number of rotatable bonds is 7. The largest absolute Gasteiger partial charge is 0.493 e. The standard InChI is InChI=1S/C18H25BrF3NO3/c1-6-7-26-15-13(19)8-12(9-14(15)25-5)16(24)23(10-17(2,3)4)11-18(20,21)22/h8-9H,6-7,10-11H2,1-5H3. The fourth-order valence-electron chi connectivity index (χ4n) is 2.36. The first kappa shape index (κ1) is 22.6. The van der Waals surface area contributed by atoms with Crippen molar-refractivity contribution in [3.05, 3.63) is 22.2 Å². The van der Waals surface area contributed by atoms with Gasteiger partial charge in [-0.2, -0.15) is 13.2 Å². The molecule has 8 heteroatoms. The minimum atomic E-state index is -4.48. The van der Waals surface area contributed by atoms with E-state index >= 15 is 0 Å². The predicted molar refractivity (Wildman–Crippen MR) is 97.9 cm³/mol. The molecule has 0 aliphatic heterocycles. The Bertz CT molecular complexity index is 611. The molecule has 0 heterocycles. The molecule has 0 spiro atoms. The summed E-state index contributed by atoms with van der Waals surface area (Å²) in [5.41, 5.74) is -0.377. The number of halogens is 4. The summed E-state index contributed by atoms with van der Waals surface area (Å²) in [6, 6.07) is 2.87. The van der Waals surface area contributed by atoms with Crippen LogP contribution in [-0.4, -0.2) is 43.8 Å². The number of nitrogens with zero attached hydrogens (tertiary/aromatic N) is 1. The Morgan fingerprint density at radius 3 is 2.27 bits per heavy atom. The molecule has 0 fully saturated rings. The molecule has 0 unspecified atom stereocenters. The zero-order valence-corrected chi connectivity index (χ0v) is 17.3. The van der Waals surface area contributed by atoms with Gasteiger partial charge in [-0.15, -0.1) is 0 Å². The van der Waals surface area contributed by atoms with E-state index in [1.165, 1.54) is 19.2 Å². The van der Waals surface area contributed by atoms with Gasteiger partial charge in [-0.25, -0.2) is 0 Å². The van der Waals surface area contributed by atoms with Gasteiger partial charge >= 0.3 is 6.18 Å². The monoisotopic (exact) mass is 439 g/mol. The van der Waals surface area contributed by atoms with Crippen molar-refractivity contribution in [3.63, 3.8) is 0 Å². The summed E-state index contributed by atoms with van der Waals surface area (Å²) in [6.45, 7) is 6.40. The van der Waals surface area contributed by atoms with Gasteiger partial charge in [0.05, 0.1) is 18.2 Å². The minimum absolute atomic E-state index is 0.0284. The van der Waals surface area contributed by atoms with E-state index in [1.54, 1.807) is 20.8 Å². The molecule has 0 radical (unpaired) electrons. The molecule has 1 aromatic rings. The number of carbonyl (C=O) groups excluding carboxylic acids is 1. The Kier molecular flexibility index (Phi) is 7.80. The molecule has 0 saturated heterocycles. The van der Waals surface area contributed by atoms with E-state index in [0.717, 1.165) is 11.3 Å². The molecular weight excluding hydrogens is 415 g/mol. The maximum absolute atomic E-state index is 12.9. The van der Waals surface area contributed by atoms with Crippen LogP contribution in [0.4, 0.5) is 13.2 Å². The molecule has 0 saturated carbocycles. The lowest BCUT2D eigenvalue weighted by atomic mass is 9.95. The number of ether oxygens (including phenoxy) is 2. The Morgan fingerprint density at radius 2 is 1.81 bits per heavy atom. The van der Waals surface area contributed by atoms with Gasteiger partial charge in [-0.1, -0.05) is 27.7 Å². The summed E-state index contributed by atoms with van der Waals surface area (Å²) < 4.78 is 50.1. The Hall–Kier alpha value is -1.44. The van der Waals surface area contributed by atoms with Crippen LogP contribution in [0.1, 0.15) is 44.5 Å². The highest BCUT2D eigenvalue weighted by Crippen LogP contribution is 2.37. The van der Waals surface area contributed by atoms with Crippen LogP contribution in [0.5, 0.6) is 11.5 Å². The molecular formula is C18H25BrF3NO3. The van der Waals surface area contributed by atoms with E-state index in [1.807, 2.05) is 6.92 Å². The second kappa shape index (κ2) is 8.97. The lowest BCUT2D eigenvalue weighted by molar-refractivity contribution is -0.142. The Labute approximate surface area is 160 Å². The van der Waals surface area contributed by atoms with Gasteiger partial charge in [-0.05, 0) is 39.9 Å². The van der Waals surface area contributed by atoms with E-state index in [0.29, 0.717) is 22.6 Å². The highest BCUT2D eigenvalue weighted by Gasteiger charge is 2.35. The fourth-order valence-corrected chi connectivity index (χ4v) is 2.92. The van der Waals surface area contributed by atoms with Crippen molar-refractivity contribution in [1.29, 1.82) is 0 Å². The summed E-state index contributed by atoms with van der Waals surface area (Å²) in [4.78, 5) is 13.6. The normalized spacial score (nSPS) is 12.0. The molecule has 0 N–H and O–H groups in total. The molecule has 4 nitrogen and oxygen atoms in total. The summed E-state index contributed by atoms with van der Waals surface area (Å²) in [6.07, 6.45) is -3.70. The maximum atomic E-state index is 12.9. The van der Waals surface area contributed by atoms with Crippen LogP contribution in [0.2, 0.25) is 0 Å². The van der Waals surface area contributed by atoms with Crippen molar-refractivity contribution in [2.75, 3.05) is 26.8 Å². The lowest BCUT2D eigenvalue weighted by Gasteiger charge is -2.31. The fraction of sp³-hybridized carbons (Fsp3) is 0.611. The number of methoxy groups -OCH3 is 1. The second-order valence-corrected chi connectivity index (χ2v) is 8.03. The highest BCUT2D eigenvalue weighted by atomic mass is 79.9. The van der Waals surface area contributed by atoms with E-state index < -0.39 is 24.0 Å². The van der Waals surface area contributed by atoms with Crippen LogP contribution in [-0.2, 0) is 0 Å². The molecule has 148 valence electrons. The van der Waals surface area contributed by atoms with Crippen molar-refractivity contribution >= 4 is 21.8 Å². The number of alkyl halides is 3. The van der Waals surface area contributed by atoms with Crippen molar-refractivity contribution in [3.8, 4) is 11.5 Å². The third-order valence-electron chi connectivity index (χ3n) is 3.25. The van der Waals surface area contributed by atoms with Crippen molar-refractivity contribution < 1.29 is 27.4 Å². The molecule has 1 aromatic carbocycles. The van der Waals surface area contributed by atoms with Crippen molar-refractivity contribution in [2.45, 2.75) is 40.3 Å². The molecule has 0 aromatic heterocycles. The Morgan fingerprint density at radius 1 is 1.19 bits per heavy atom. The summed E-state index contributed by atoms with van der Waals surface area (Å²) in [7, 11) is 1.41. The van der Waals surface area contributed by atoms with E-state index in [-0.39, 0.29) is 12.1 Å². The van der Waals surface area contributed by atoms with Crippen molar-refractivity contribution in [1.82, 2.24) is 4.90 Å². The van der Waals surface area contributed by atoms with Gasteiger partial charge in [-0.3, -0.25) is 4.79 Å². The van der Waals surface area contributed by atoms with Crippen LogP contribution in [0.15, 0.2) is 16.6 Å². The van der Waals surface area contributed by atoms with Crippen molar-refractivity contribution in [2.24, 2.45) is 5.41 Å². The van der Waals surface area contributed by atoms with Crippen LogP contribution < -0.4 is 9.47 Å².